The van der Waals surface area contributed by atoms with Crippen molar-refractivity contribution in [3.05, 3.63) is 78.2 Å². The molecule has 2 atom stereocenters. The van der Waals surface area contributed by atoms with Crippen molar-refractivity contribution in [2.75, 3.05) is 13.7 Å². The van der Waals surface area contributed by atoms with Crippen molar-refractivity contribution in [1.29, 1.82) is 0 Å². The first-order chi connectivity index (χ1) is 12.8. The van der Waals surface area contributed by atoms with Crippen molar-refractivity contribution in [3.8, 4) is 5.75 Å². The third-order valence-corrected chi connectivity index (χ3v) is 5.17. The fourth-order valence-corrected chi connectivity index (χ4v) is 3.54. The number of ether oxygens (including phenoxy) is 1. The van der Waals surface area contributed by atoms with Crippen LogP contribution in [0.2, 0.25) is 0 Å². The summed E-state index contributed by atoms with van der Waals surface area (Å²) in [7, 11) is 1.87. The Bertz CT molecular complexity index is 853. The number of likely N-dealkylation sites (N-methyl/N-ethyl adjacent to an activating group) is 1. The summed E-state index contributed by atoms with van der Waals surface area (Å²) in [5.41, 5.74) is 8.30. The Balaban J connectivity index is 1.99. The molecule has 142 valence electrons. The first-order valence-electron chi connectivity index (χ1n) is 9.08. The lowest BCUT2D eigenvalue weighted by molar-refractivity contribution is 0.317. The lowest BCUT2D eigenvalue weighted by Gasteiger charge is -2.36. The number of aliphatic hydroxyl groups excluding tert-OH is 1. The molecule has 0 spiro atoms. The number of guanidine groups is 1. The van der Waals surface area contributed by atoms with Crippen molar-refractivity contribution in [1.82, 2.24) is 4.90 Å². The molecule has 5 heteroatoms. The van der Waals surface area contributed by atoms with Gasteiger partial charge in [-0.1, -0.05) is 30.4 Å². The second-order valence-electron chi connectivity index (χ2n) is 7.16. The van der Waals surface area contributed by atoms with Crippen LogP contribution in [0.5, 0.6) is 5.75 Å². The molecule has 3 rings (SSSR count). The maximum absolute atomic E-state index is 9.73. The molecule has 3 N–H and O–H groups in total. The number of aliphatic hydroxyl groups is 1. The topological polar surface area (TPSA) is 71.1 Å². The van der Waals surface area contributed by atoms with Crippen LogP contribution in [-0.4, -0.2) is 29.6 Å². The molecule has 0 aromatic heterocycles. The molecule has 0 amide bonds. The minimum atomic E-state index is -0.722. The van der Waals surface area contributed by atoms with Gasteiger partial charge in [-0.3, -0.25) is 0 Å². The van der Waals surface area contributed by atoms with Crippen LogP contribution in [0.3, 0.4) is 0 Å². The van der Waals surface area contributed by atoms with E-state index in [9.17, 15) is 5.11 Å². The predicted octanol–water partition coefficient (Wildman–Crippen LogP) is 4.02. The number of aliphatic imine (C=N–C) groups is 1. The number of rotatable bonds is 6. The van der Waals surface area contributed by atoms with E-state index < -0.39 is 5.54 Å². The van der Waals surface area contributed by atoms with Crippen LogP contribution in [-0.2, 0) is 5.54 Å². The van der Waals surface area contributed by atoms with E-state index in [-0.39, 0.29) is 11.7 Å². The van der Waals surface area contributed by atoms with Gasteiger partial charge in [-0.25, -0.2) is 4.99 Å². The minimum Gasteiger partial charge on any atom is -0.508 e. The van der Waals surface area contributed by atoms with Gasteiger partial charge in [0.2, 0.25) is 0 Å². The smallest absolute Gasteiger partial charge is 0.196 e. The largest absolute Gasteiger partial charge is 0.508 e. The van der Waals surface area contributed by atoms with Gasteiger partial charge in [0.1, 0.15) is 17.0 Å². The van der Waals surface area contributed by atoms with Crippen molar-refractivity contribution >= 4 is 5.96 Å². The van der Waals surface area contributed by atoms with Crippen LogP contribution in [0.4, 0.5) is 0 Å². The molecule has 1 aromatic rings. The summed E-state index contributed by atoms with van der Waals surface area (Å²) in [5.74, 6) is 1.48. The van der Waals surface area contributed by atoms with Crippen molar-refractivity contribution in [3.63, 3.8) is 0 Å². The molecule has 1 aliphatic carbocycles. The van der Waals surface area contributed by atoms with E-state index in [1.54, 1.807) is 12.2 Å². The average Bonchev–Trinajstić information content (AvgIpc) is 2.87. The molecule has 0 fully saturated rings. The third-order valence-electron chi connectivity index (χ3n) is 5.17. The van der Waals surface area contributed by atoms with Crippen LogP contribution in [0.15, 0.2) is 77.7 Å². The van der Waals surface area contributed by atoms with E-state index in [1.165, 1.54) is 0 Å². The van der Waals surface area contributed by atoms with Gasteiger partial charge in [-0.15, -0.1) is 6.58 Å². The summed E-state index contributed by atoms with van der Waals surface area (Å²) in [5, 5.41) is 9.73. The van der Waals surface area contributed by atoms with E-state index in [0.717, 1.165) is 29.0 Å². The highest BCUT2D eigenvalue weighted by Crippen LogP contribution is 2.48. The Morgan fingerprint density at radius 3 is 2.85 bits per heavy atom. The van der Waals surface area contributed by atoms with Gasteiger partial charge in [0.05, 0.1) is 6.61 Å². The average molecular weight is 365 g/mol. The van der Waals surface area contributed by atoms with Crippen molar-refractivity contribution < 1.29 is 9.84 Å². The third kappa shape index (κ3) is 3.50. The monoisotopic (exact) mass is 365 g/mol. The molecular formula is C22H27N3O2. The normalized spacial score (nSPS) is 24.6. The summed E-state index contributed by atoms with van der Waals surface area (Å²) >= 11 is 0. The van der Waals surface area contributed by atoms with Crippen LogP contribution in [0, 0.1) is 5.92 Å². The van der Waals surface area contributed by atoms with Gasteiger partial charge in [-0.05, 0) is 43.2 Å². The highest BCUT2D eigenvalue weighted by molar-refractivity contribution is 5.84. The fraction of sp³-hybridized carbons (Fsp3) is 0.318. The summed E-state index contributed by atoms with van der Waals surface area (Å²) in [4.78, 5) is 6.66. The Hall–Kier alpha value is -2.95. The van der Waals surface area contributed by atoms with Gasteiger partial charge >= 0.3 is 0 Å². The number of allylic oxidation sites excluding steroid dienone is 2. The molecule has 1 heterocycles. The van der Waals surface area contributed by atoms with E-state index in [1.807, 2.05) is 49.2 Å². The zero-order chi connectivity index (χ0) is 19.6. The number of nitrogens with zero attached hydrogens (tertiary/aromatic N) is 2. The fourth-order valence-electron chi connectivity index (χ4n) is 3.54. The lowest BCUT2D eigenvalue weighted by Crippen LogP contribution is -2.36. The molecule has 27 heavy (non-hydrogen) atoms. The second-order valence-corrected chi connectivity index (χ2v) is 7.16. The highest BCUT2D eigenvalue weighted by Gasteiger charge is 2.48. The molecule has 1 aliphatic heterocycles. The van der Waals surface area contributed by atoms with Gasteiger partial charge < -0.3 is 20.5 Å². The predicted molar refractivity (Wildman–Crippen MR) is 110 cm³/mol. The van der Waals surface area contributed by atoms with Crippen molar-refractivity contribution in [2.45, 2.75) is 25.3 Å². The zero-order valence-corrected chi connectivity index (χ0v) is 16.0. The van der Waals surface area contributed by atoms with E-state index >= 15 is 0 Å². The molecule has 0 bridgehead atoms. The molecule has 0 radical (unpaired) electrons. The number of nitrogens with two attached hydrogens (primary N) is 1. The van der Waals surface area contributed by atoms with E-state index in [4.69, 9.17) is 15.5 Å². The SMILES string of the molecule is C=C(C)CCOc1cccc([C@@]2(C3C=CC(O)=CC3)N=C(N)N(C)C2=C)c1. The molecule has 0 saturated carbocycles. The molecule has 2 aliphatic rings. The second kappa shape index (κ2) is 7.35. The minimum absolute atomic E-state index is 0.00457. The van der Waals surface area contributed by atoms with Crippen molar-refractivity contribution in [2.24, 2.45) is 16.6 Å². The lowest BCUT2D eigenvalue weighted by atomic mass is 9.73. The highest BCUT2D eigenvalue weighted by atomic mass is 16.5. The Labute approximate surface area is 160 Å². The van der Waals surface area contributed by atoms with Gasteiger partial charge in [-0.2, -0.15) is 0 Å². The first-order valence-corrected chi connectivity index (χ1v) is 9.08. The molecule has 1 unspecified atom stereocenters. The summed E-state index contributed by atoms with van der Waals surface area (Å²) in [6.45, 7) is 10.8. The van der Waals surface area contributed by atoms with Crippen LogP contribution >= 0.6 is 0 Å². The summed E-state index contributed by atoms with van der Waals surface area (Å²) in [6.07, 6.45) is 6.94. The first kappa shape index (κ1) is 18.8. The van der Waals surface area contributed by atoms with Gasteiger partial charge in [0.15, 0.2) is 5.96 Å². The molecular weight excluding hydrogens is 338 g/mol. The summed E-state index contributed by atoms with van der Waals surface area (Å²) in [6, 6.07) is 7.93. The molecule has 0 saturated heterocycles. The number of hydrogen-bond donors (Lipinski definition) is 2. The quantitative estimate of drug-likeness (QED) is 0.747. The maximum atomic E-state index is 9.73. The molecule has 1 aromatic carbocycles. The standard InChI is InChI=1S/C22H27N3O2/c1-15(2)12-13-27-20-7-5-6-18(14-20)22(16(3)25(4)21(23)24-22)17-8-10-19(26)11-9-17/h5-8,10-11,14,17,26H,1,3,9,12-13H2,2,4H3,(H2,23,24)/t17?,22-/m1/s1. The van der Waals surface area contributed by atoms with Crippen LogP contribution in [0.1, 0.15) is 25.3 Å². The van der Waals surface area contributed by atoms with Gasteiger partial charge in [0, 0.05) is 25.1 Å². The number of benzene rings is 1. The Morgan fingerprint density at radius 1 is 1.48 bits per heavy atom. The maximum Gasteiger partial charge on any atom is 0.196 e. The zero-order valence-electron chi connectivity index (χ0n) is 16.0. The Kier molecular flexibility index (Phi) is 5.13. The van der Waals surface area contributed by atoms with E-state index in [2.05, 4.69) is 13.2 Å². The van der Waals surface area contributed by atoms with E-state index in [0.29, 0.717) is 19.0 Å². The Morgan fingerprint density at radius 2 is 2.26 bits per heavy atom. The summed E-state index contributed by atoms with van der Waals surface area (Å²) < 4.78 is 5.90. The van der Waals surface area contributed by atoms with Crippen LogP contribution in [0.25, 0.3) is 0 Å². The molecule has 5 nitrogen and oxygen atoms in total. The number of hydrogen-bond acceptors (Lipinski definition) is 5. The van der Waals surface area contributed by atoms with Crippen LogP contribution < -0.4 is 10.5 Å². The van der Waals surface area contributed by atoms with Gasteiger partial charge in [0.25, 0.3) is 0 Å².